The van der Waals surface area contributed by atoms with Gasteiger partial charge in [0.15, 0.2) is 0 Å². The Kier molecular flexibility index (Phi) is 7.79. The van der Waals surface area contributed by atoms with E-state index in [9.17, 15) is 14.7 Å². The summed E-state index contributed by atoms with van der Waals surface area (Å²) in [4.78, 5) is 21.2. The summed E-state index contributed by atoms with van der Waals surface area (Å²) >= 11 is 0. The molecule has 0 N–H and O–H groups in total. The van der Waals surface area contributed by atoms with Crippen LogP contribution in [0.25, 0.3) is 0 Å². The number of esters is 2. The third-order valence-corrected chi connectivity index (χ3v) is 1.66. The van der Waals surface area contributed by atoms with Gasteiger partial charge in [-0.25, -0.2) is 14.7 Å². The third kappa shape index (κ3) is 7.75. The molecule has 1 atom stereocenters. The summed E-state index contributed by atoms with van der Waals surface area (Å²) in [5, 5.41) is 11.2. The number of hydrogen-bond acceptors (Lipinski definition) is 4. The summed E-state index contributed by atoms with van der Waals surface area (Å²) in [5.74, 6) is -1.13. The van der Waals surface area contributed by atoms with Gasteiger partial charge in [0.2, 0.25) is 0 Å². The lowest BCUT2D eigenvalue weighted by molar-refractivity contribution is -0.142. The van der Waals surface area contributed by atoms with Gasteiger partial charge in [0, 0.05) is 12.2 Å². The smallest absolute Gasteiger partial charge is 0.330 e. The average Bonchev–Trinajstić information content (AvgIpc) is 2.31. The highest BCUT2D eigenvalue weighted by Crippen LogP contribution is 2.00. The molecule has 0 rings (SSSR count). The van der Waals surface area contributed by atoms with Crippen molar-refractivity contribution in [2.24, 2.45) is 0 Å². The van der Waals surface area contributed by atoms with Gasteiger partial charge >= 0.3 is 11.9 Å². The van der Waals surface area contributed by atoms with E-state index in [2.05, 4.69) is 22.6 Å². The van der Waals surface area contributed by atoms with Gasteiger partial charge in [-0.15, -0.1) is 0 Å². The Morgan fingerprint density at radius 3 is 2.25 bits per heavy atom. The van der Waals surface area contributed by atoms with E-state index >= 15 is 0 Å². The van der Waals surface area contributed by atoms with Crippen molar-refractivity contribution in [3.63, 3.8) is 0 Å². The Morgan fingerprint density at radius 1 is 1.12 bits per heavy atom. The average molecular weight is 227 g/mol. The van der Waals surface area contributed by atoms with E-state index in [0.717, 1.165) is 12.2 Å². The fourth-order valence-electron chi connectivity index (χ4n) is 0.860. The highest BCUT2D eigenvalue weighted by Gasteiger charge is 2.08. The summed E-state index contributed by atoms with van der Waals surface area (Å²) < 4.78 is 9.23. The molecule has 0 aliphatic rings. The van der Waals surface area contributed by atoms with Crippen LogP contribution in [-0.4, -0.2) is 31.3 Å². The molecule has 89 valence electrons. The van der Waals surface area contributed by atoms with Gasteiger partial charge in [0.25, 0.3) is 0 Å². The monoisotopic (exact) mass is 227 g/mol. The lowest BCUT2D eigenvalue weighted by Crippen LogP contribution is -2.17. The summed E-state index contributed by atoms with van der Waals surface area (Å²) in [6.45, 7) is 6.40. The number of hydrogen-bond donors (Lipinski definition) is 0. The van der Waals surface area contributed by atoms with E-state index in [1.165, 1.54) is 0 Å². The maximum absolute atomic E-state index is 11.2. The van der Waals surface area contributed by atoms with Crippen LogP contribution in [0.2, 0.25) is 0 Å². The summed E-state index contributed by atoms with van der Waals surface area (Å²) in [5.41, 5.74) is 0. The van der Waals surface area contributed by atoms with Gasteiger partial charge in [0.05, 0.1) is 6.61 Å². The Morgan fingerprint density at radius 2 is 1.69 bits per heavy atom. The van der Waals surface area contributed by atoms with E-state index in [0.29, 0.717) is 6.42 Å². The molecule has 0 aromatic carbocycles. The first kappa shape index (κ1) is 14.4. The molecule has 0 aliphatic heterocycles. The zero-order valence-corrected chi connectivity index (χ0v) is 9.02. The van der Waals surface area contributed by atoms with Crippen molar-refractivity contribution in [2.75, 3.05) is 13.2 Å². The largest absolute Gasteiger partial charge is 0.463 e. The minimum absolute atomic E-state index is 0.166. The standard InChI is InChI=1S/C11H15O5/c1-3-10(13)15-7-5-6-9(12)8-16-11(14)4-2/h3-4,9H,1-2,5-8H2. The van der Waals surface area contributed by atoms with Gasteiger partial charge in [-0.3, -0.25) is 0 Å². The molecule has 1 radical (unpaired) electrons. The molecule has 0 saturated heterocycles. The molecule has 0 aliphatic carbocycles. The van der Waals surface area contributed by atoms with Crippen molar-refractivity contribution in [2.45, 2.75) is 18.9 Å². The van der Waals surface area contributed by atoms with Gasteiger partial charge in [0.1, 0.15) is 12.7 Å². The van der Waals surface area contributed by atoms with Crippen molar-refractivity contribution in [1.82, 2.24) is 0 Å². The second-order valence-electron chi connectivity index (χ2n) is 2.97. The highest BCUT2D eigenvalue weighted by atomic mass is 16.5. The summed E-state index contributed by atoms with van der Waals surface area (Å²) in [7, 11) is 0. The lowest BCUT2D eigenvalue weighted by atomic mass is 10.2. The Hall–Kier alpha value is -1.62. The van der Waals surface area contributed by atoms with Crippen LogP contribution >= 0.6 is 0 Å². The summed E-state index contributed by atoms with van der Waals surface area (Å²) in [6, 6.07) is 0. The molecular formula is C11H15O5. The van der Waals surface area contributed by atoms with Crippen molar-refractivity contribution in [3.05, 3.63) is 25.3 Å². The van der Waals surface area contributed by atoms with E-state index < -0.39 is 18.0 Å². The van der Waals surface area contributed by atoms with Gasteiger partial charge in [-0.2, -0.15) is 0 Å². The van der Waals surface area contributed by atoms with Crippen molar-refractivity contribution < 1.29 is 24.2 Å². The van der Waals surface area contributed by atoms with Crippen molar-refractivity contribution >= 4 is 11.9 Å². The van der Waals surface area contributed by atoms with Crippen molar-refractivity contribution in [3.8, 4) is 0 Å². The SMILES string of the molecule is C=CC(=O)OCCCC([O])COC(=O)C=C. The first-order valence-electron chi connectivity index (χ1n) is 4.84. The molecule has 0 aromatic heterocycles. The Bertz CT molecular complexity index is 259. The lowest BCUT2D eigenvalue weighted by Gasteiger charge is -2.08. The van der Waals surface area contributed by atoms with E-state index in [4.69, 9.17) is 0 Å². The number of ether oxygens (including phenoxy) is 2. The van der Waals surface area contributed by atoms with Gasteiger partial charge in [-0.1, -0.05) is 13.2 Å². The molecule has 0 saturated carbocycles. The van der Waals surface area contributed by atoms with E-state index in [1.54, 1.807) is 0 Å². The summed E-state index contributed by atoms with van der Waals surface area (Å²) in [6.07, 6.45) is 1.75. The molecule has 0 aromatic rings. The third-order valence-electron chi connectivity index (χ3n) is 1.66. The van der Waals surface area contributed by atoms with Crippen molar-refractivity contribution in [1.29, 1.82) is 0 Å². The Labute approximate surface area is 94.4 Å². The molecule has 0 amide bonds. The minimum atomic E-state index is -1.01. The quantitative estimate of drug-likeness (QED) is 0.352. The molecule has 0 heterocycles. The number of carbonyl (C=O) groups excluding carboxylic acids is 2. The molecule has 1 unspecified atom stereocenters. The molecule has 0 spiro atoms. The van der Waals surface area contributed by atoms with Crippen LogP contribution in [0.3, 0.4) is 0 Å². The highest BCUT2D eigenvalue weighted by molar-refractivity contribution is 5.81. The van der Waals surface area contributed by atoms with E-state index in [1.807, 2.05) is 0 Å². The molecule has 5 nitrogen and oxygen atoms in total. The minimum Gasteiger partial charge on any atom is -0.463 e. The van der Waals surface area contributed by atoms with Crippen LogP contribution in [0.1, 0.15) is 12.8 Å². The first-order chi connectivity index (χ1) is 7.60. The van der Waals surface area contributed by atoms with Crippen LogP contribution in [0, 0.1) is 0 Å². The molecular weight excluding hydrogens is 212 g/mol. The maximum atomic E-state index is 11.2. The van der Waals surface area contributed by atoms with Gasteiger partial charge < -0.3 is 9.47 Å². The fraction of sp³-hybridized carbons (Fsp3) is 0.455. The molecule has 0 fully saturated rings. The predicted octanol–water partition coefficient (Wildman–Crippen LogP) is 1.02. The number of carbonyl (C=O) groups is 2. The second-order valence-corrected chi connectivity index (χ2v) is 2.97. The van der Waals surface area contributed by atoms with Crippen LogP contribution in [0.4, 0.5) is 0 Å². The van der Waals surface area contributed by atoms with Crippen LogP contribution in [0.15, 0.2) is 25.3 Å². The van der Waals surface area contributed by atoms with Crippen LogP contribution < -0.4 is 0 Å². The van der Waals surface area contributed by atoms with Crippen LogP contribution in [0.5, 0.6) is 0 Å². The van der Waals surface area contributed by atoms with Gasteiger partial charge in [-0.05, 0) is 12.8 Å². The first-order valence-corrected chi connectivity index (χ1v) is 4.84. The zero-order valence-electron chi connectivity index (χ0n) is 9.02. The molecule has 16 heavy (non-hydrogen) atoms. The molecule has 5 heteroatoms. The Balaban J connectivity index is 3.46. The topological polar surface area (TPSA) is 72.5 Å². The normalized spacial score (nSPS) is 11.3. The number of rotatable bonds is 8. The maximum Gasteiger partial charge on any atom is 0.330 e. The predicted molar refractivity (Wildman–Crippen MR) is 56.0 cm³/mol. The second kappa shape index (κ2) is 8.67. The van der Waals surface area contributed by atoms with E-state index in [-0.39, 0.29) is 19.6 Å². The molecule has 0 bridgehead atoms. The zero-order chi connectivity index (χ0) is 12.4. The van der Waals surface area contributed by atoms with Crippen LogP contribution in [-0.2, 0) is 24.2 Å². The fourth-order valence-corrected chi connectivity index (χ4v) is 0.860.